The number of aliphatic hydroxyl groups excluding tert-OH is 1. The van der Waals surface area contributed by atoms with Crippen molar-refractivity contribution in [1.29, 1.82) is 0 Å². The van der Waals surface area contributed by atoms with E-state index in [1.54, 1.807) is 19.1 Å². The van der Waals surface area contributed by atoms with E-state index >= 15 is 0 Å². The molecule has 0 aliphatic carbocycles. The van der Waals surface area contributed by atoms with Gasteiger partial charge in [-0.1, -0.05) is 49.4 Å². The molecule has 2 aromatic carbocycles. The second kappa shape index (κ2) is 9.39. The predicted octanol–water partition coefficient (Wildman–Crippen LogP) is 3.84. The molecule has 0 fully saturated rings. The van der Waals surface area contributed by atoms with Crippen LogP contribution in [0, 0.1) is 5.92 Å². The lowest BCUT2D eigenvalue weighted by Gasteiger charge is -2.32. The van der Waals surface area contributed by atoms with E-state index < -0.39 is 6.10 Å². The number of likely N-dealkylation sites (N-methyl/N-ethyl adjacent to an activating group) is 1. The number of ether oxygens (including phenoxy) is 1. The lowest BCUT2D eigenvalue weighted by Crippen LogP contribution is -2.42. The van der Waals surface area contributed by atoms with E-state index in [0.29, 0.717) is 6.42 Å². The number of rotatable bonds is 8. The van der Waals surface area contributed by atoms with Crippen LogP contribution in [0.25, 0.3) is 0 Å². The fourth-order valence-electron chi connectivity index (χ4n) is 3.12. The van der Waals surface area contributed by atoms with Crippen molar-refractivity contribution >= 4 is 5.91 Å². The Labute approximate surface area is 156 Å². The summed E-state index contributed by atoms with van der Waals surface area (Å²) >= 11 is 0. The molecule has 0 bridgehead atoms. The first-order chi connectivity index (χ1) is 12.5. The van der Waals surface area contributed by atoms with Crippen molar-refractivity contribution in [2.75, 3.05) is 14.2 Å². The molecule has 26 heavy (non-hydrogen) atoms. The van der Waals surface area contributed by atoms with Gasteiger partial charge in [0.25, 0.3) is 0 Å². The van der Waals surface area contributed by atoms with Gasteiger partial charge in [0.1, 0.15) is 5.75 Å². The maximum atomic E-state index is 13.0. The van der Waals surface area contributed by atoms with Crippen LogP contribution in [0.2, 0.25) is 0 Å². The third-order valence-corrected chi connectivity index (χ3v) is 5.01. The van der Waals surface area contributed by atoms with Crippen LogP contribution in [-0.4, -0.2) is 36.1 Å². The number of hydrogen-bond donors (Lipinski definition) is 1. The summed E-state index contributed by atoms with van der Waals surface area (Å²) in [7, 11) is 3.41. The first kappa shape index (κ1) is 20.0. The first-order valence-corrected chi connectivity index (χ1v) is 9.10. The molecule has 0 aliphatic rings. The highest BCUT2D eigenvalue weighted by Gasteiger charge is 2.28. The van der Waals surface area contributed by atoms with Crippen molar-refractivity contribution in [3.8, 4) is 5.75 Å². The molecule has 0 aromatic heterocycles. The van der Waals surface area contributed by atoms with Crippen molar-refractivity contribution in [1.82, 2.24) is 4.90 Å². The third kappa shape index (κ3) is 4.85. The number of hydrogen-bond acceptors (Lipinski definition) is 3. The van der Waals surface area contributed by atoms with Crippen LogP contribution in [0.4, 0.5) is 0 Å². The van der Waals surface area contributed by atoms with Gasteiger partial charge >= 0.3 is 0 Å². The molecule has 1 amide bonds. The van der Waals surface area contributed by atoms with Gasteiger partial charge in [0.2, 0.25) is 5.91 Å². The van der Waals surface area contributed by atoms with Gasteiger partial charge in [0.05, 0.1) is 19.3 Å². The van der Waals surface area contributed by atoms with E-state index in [9.17, 15) is 9.90 Å². The average Bonchev–Trinajstić information content (AvgIpc) is 2.70. The third-order valence-electron chi connectivity index (χ3n) is 5.01. The minimum absolute atomic E-state index is 0.0535. The Morgan fingerprint density at radius 3 is 2.46 bits per heavy atom. The van der Waals surface area contributed by atoms with Crippen LogP contribution >= 0.6 is 0 Å². The number of benzene rings is 2. The molecule has 2 rings (SSSR count). The molecule has 0 radical (unpaired) electrons. The molecular weight excluding hydrogens is 326 g/mol. The van der Waals surface area contributed by atoms with Gasteiger partial charge in [-0.25, -0.2) is 0 Å². The zero-order chi connectivity index (χ0) is 19.1. The van der Waals surface area contributed by atoms with Crippen LogP contribution in [0.1, 0.15) is 37.5 Å². The first-order valence-electron chi connectivity index (χ1n) is 9.10. The summed E-state index contributed by atoms with van der Waals surface area (Å²) in [6, 6.07) is 17.0. The van der Waals surface area contributed by atoms with Gasteiger partial charge in [-0.05, 0) is 43.0 Å². The Kier molecular flexibility index (Phi) is 7.22. The Bertz CT molecular complexity index is 702. The minimum atomic E-state index is -0.709. The molecule has 4 nitrogen and oxygen atoms in total. The van der Waals surface area contributed by atoms with Crippen molar-refractivity contribution in [3.63, 3.8) is 0 Å². The smallest absolute Gasteiger partial charge is 0.226 e. The summed E-state index contributed by atoms with van der Waals surface area (Å²) in [5.74, 6) is 0.723. The van der Waals surface area contributed by atoms with Crippen LogP contribution in [-0.2, 0) is 11.2 Å². The highest BCUT2D eigenvalue weighted by atomic mass is 16.5. The number of amides is 1. The quantitative estimate of drug-likeness (QED) is 0.783. The zero-order valence-electron chi connectivity index (χ0n) is 16.1. The number of methoxy groups -OCH3 is 1. The molecule has 0 spiro atoms. The van der Waals surface area contributed by atoms with E-state index in [-0.39, 0.29) is 17.9 Å². The molecule has 4 heteroatoms. The van der Waals surface area contributed by atoms with Gasteiger partial charge in [-0.15, -0.1) is 0 Å². The second-order valence-electron chi connectivity index (χ2n) is 6.71. The monoisotopic (exact) mass is 355 g/mol. The molecule has 140 valence electrons. The highest BCUT2D eigenvalue weighted by molar-refractivity contribution is 5.79. The van der Waals surface area contributed by atoms with Crippen molar-refractivity contribution in [3.05, 3.63) is 65.7 Å². The summed E-state index contributed by atoms with van der Waals surface area (Å²) in [5.41, 5.74) is 1.90. The summed E-state index contributed by atoms with van der Waals surface area (Å²) in [5, 5.41) is 10.6. The number of carbonyl (C=O) groups excluding carboxylic acids is 1. The van der Waals surface area contributed by atoms with Crippen molar-refractivity contribution < 1.29 is 14.6 Å². The maximum absolute atomic E-state index is 13.0. The second-order valence-corrected chi connectivity index (χ2v) is 6.71. The Morgan fingerprint density at radius 2 is 1.85 bits per heavy atom. The molecule has 0 saturated carbocycles. The molecule has 2 aromatic rings. The minimum Gasteiger partial charge on any atom is -0.497 e. The van der Waals surface area contributed by atoms with Crippen LogP contribution < -0.4 is 4.74 Å². The molecule has 0 saturated heterocycles. The molecule has 3 atom stereocenters. The van der Waals surface area contributed by atoms with Crippen molar-refractivity contribution in [2.45, 2.75) is 38.8 Å². The molecule has 1 N–H and O–H groups in total. The lowest BCUT2D eigenvalue weighted by molar-refractivity contribution is -0.138. The number of carbonyl (C=O) groups is 1. The van der Waals surface area contributed by atoms with Gasteiger partial charge in [-0.2, -0.15) is 0 Å². The Morgan fingerprint density at radius 1 is 1.15 bits per heavy atom. The fourth-order valence-corrected chi connectivity index (χ4v) is 3.12. The van der Waals surface area contributed by atoms with Gasteiger partial charge < -0.3 is 14.7 Å². The summed E-state index contributed by atoms with van der Waals surface area (Å²) in [6.45, 7) is 3.91. The van der Waals surface area contributed by atoms with E-state index in [0.717, 1.165) is 23.3 Å². The normalized spacial score (nSPS) is 14.3. The SMILES string of the molecule is CC[C@H](Cc1cccc(OC)c1)C(=O)N(C)[C@@H](C)[C@@H](O)c1ccccc1. The van der Waals surface area contributed by atoms with Gasteiger partial charge in [-0.3, -0.25) is 4.79 Å². The van der Waals surface area contributed by atoms with Crippen LogP contribution in [0.15, 0.2) is 54.6 Å². The topological polar surface area (TPSA) is 49.8 Å². The zero-order valence-corrected chi connectivity index (χ0v) is 16.1. The average molecular weight is 355 g/mol. The van der Waals surface area contributed by atoms with E-state index in [2.05, 4.69) is 0 Å². The number of nitrogens with zero attached hydrogens (tertiary/aromatic N) is 1. The largest absolute Gasteiger partial charge is 0.497 e. The molecule has 0 heterocycles. The van der Waals surface area contributed by atoms with E-state index in [1.807, 2.05) is 68.4 Å². The Hall–Kier alpha value is -2.33. The highest BCUT2D eigenvalue weighted by Crippen LogP contribution is 2.24. The predicted molar refractivity (Wildman–Crippen MR) is 104 cm³/mol. The molecular formula is C22H29NO3. The fraction of sp³-hybridized carbons (Fsp3) is 0.409. The van der Waals surface area contributed by atoms with Gasteiger partial charge in [0.15, 0.2) is 0 Å². The Balaban J connectivity index is 2.08. The van der Waals surface area contributed by atoms with E-state index in [1.165, 1.54) is 0 Å². The van der Waals surface area contributed by atoms with E-state index in [4.69, 9.17) is 4.74 Å². The van der Waals surface area contributed by atoms with Crippen molar-refractivity contribution in [2.24, 2.45) is 5.92 Å². The summed E-state index contributed by atoms with van der Waals surface area (Å²) in [6.07, 6.45) is 0.694. The maximum Gasteiger partial charge on any atom is 0.226 e. The molecule has 0 unspecified atom stereocenters. The standard InChI is InChI=1S/C22H29NO3/c1-5-18(14-17-10-9-13-20(15-17)26-4)22(25)23(3)16(2)21(24)19-11-7-6-8-12-19/h6-13,15-16,18,21,24H,5,14H2,1-4H3/t16-,18+,21+/m0/s1. The van der Waals surface area contributed by atoms with Crippen LogP contribution in [0.5, 0.6) is 5.75 Å². The molecule has 0 aliphatic heterocycles. The van der Waals surface area contributed by atoms with Gasteiger partial charge in [0, 0.05) is 13.0 Å². The van der Waals surface area contributed by atoms with Crippen LogP contribution in [0.3, 0.4) is 0 Å². The number of aliphatic hydroxyl groups is 1. The lowest BCUT2D eigenvalue weighted by atomic mass is 9.94. The summed E-state index contributed by atoms with van der Waals surface area (Å²) < 4.78 is 5.27. The summed E-state index contributed by atoms with van der Waals surface area (Å²) in [4.78, 5) is 14.7.